The van der Waals surface area contributed by atoms with Crippen molar-refractivity contribution < 1.29 is 14.3 Å². The van der Waals surface area contributed by atoms with Gasteiger partial charge in [0, 0.05) is 31.1 Å². The van der Waals surface area contributed by atoms with Crippen LogP contribution in [-0.4, -0.2) is 41.0 Å². The van der Waals surface area contributed by atoms with Gasteiger partial charge in [0.15, 0.2) is 0 Å². The summed E-state index contributed by atoms with van der Waals surface area (Å²) in [6.45, 7) is 2.63. The Kier molecular flexibility index (Phi) is 8.21. The van der Waals surface area contributed by atoms with Crippen molar-refractivity contribution in [3.8, 4) is 11.6 Å². The van der Waals surface area contributed by atoms with Crippen LogP contribution in [0.1, 0.15) is 18.5 Å². The Bertz CT molecular complexity index is 632. The molecule has 0 atom stereocenters. The SMILES string of the molecule is COCCSSCCCC(=O)Oc1cc(C)nn1-c1ccccc1. The Morgan fingerprint density at radius 3 is 2.71 bits per heavy atom. The molecular weight excluding hydrogens is 344 g/mol. The predicted molar refractivity (Wildman–Crippen MR) is 100.0 cm³/mol. The number of para-hydroxylation sites is 1. The number of hydrogen-bond donors (Lipinski definition) is 0. The molecule has 5 nitrogen and oxygen atoms in total. The highest BCUT2D eigenvalue weighted by Crippen LogP contribution is 2.23. The van der Waals surface area contributed by atoms with Crippen molar-refractivity contribution in [2.24, 2.45) is 0 Å². The summed E-state index contributed by atoms with van der Waals surface area (Å²) in [4.78, 5) is 12.0. The molecule has 1 aromatic carbocycles. The van der Waals surface area contributed by atoms with Gasteiger partial charge in [-0.1, -0.05) is 39.8 Å². The number of benzene rings is 1. The number of nitrogens with zero attached hydrogens (tertiary/aromatic N) is 2. The Hall–Kier alpha value is -1.44. The zero-order chi connectivity index (χ0) is 17.2. The molecule has 0 saturated heterocycles. The number of rotatable bonds is 10. The lowest BCUT2D eigenvalue weighted by molar-refractivity contribution is -0.134. The number of methoxy groups -OCH3 is 1. The van der Waals surface area contributed by atoms with Gasteiger partial charge in [0.1, 0.15) is 0 Å². The summed E-state index contributed by atoms with van der Waals surface area (Å²) in [5.74, 6) is 2.11. The fraction of sp³-hybridized carbons (Fsp3) is 0.412. The van der Waals surface area contributed by atoms with Crippen molar-refractivity contribution in [2.75, 3.05) is 25.2 Å². The molecule has 0 radical (unpaired) electrons. The van der Waals surface area contributed by atoms with Crippen LogP contribution in [0.4, 0.5) is 0 Å². The Morgan fingerprint density at radius 2 is 1.96 bits per heavy atom. The first-order valence-corrected chi connectivity index (χ1v) is 10.3. The molecule has 0 aliphatic carbocycles. The van der Waals surface area contributed by atoms with Crippen LogP contribution in [0, 0.1) is 6.92 Å². The third-order valence-corrected chi connectivity index (χ3v) is 5.54. The molecular formula is C17H22N2O3S2. The second kappa shape index (κ2) is 10.4. The fourth-order valence-corrected chi connectivity index (χ4v) is 3.98. The van der Waals surface area contributed by atoms with Crippen LogP contribution in [0.25, 0.3) is 5.69 Å². The van der Waals surface area contributed by atoms with E-state index in [1.54, 1.807) is 39.4 Å². The van der Waals surface area contributed by atoms with Gasteiger partial charge in [0.05, 0.1) is 18.0 Å². The minimum atomic E-state index is -0.227. The quantitative estimate of drug-likeness (QED) is 0.361. The van der Waals surface area contributed by atoms with Crippen molar-refractivity contribution in [1.82, 2.24) is 9.78 Å². The molecule has 0 aliphatic rings. The fourth-order valence-electron chi connectivity index (χ4n) is 1.98. The molecule has 24 heavy (non-hydrogen) atoms. The molecule has 1 heterocycles. The van der Waals surface area contributed by atoms with E-state index in [1.807, 2.05) is 37.3 Å². The van der Waals surface area contributed by atoms with Crippen LogP contribution in [0.2, 0.25) is 0 Å². The van der Waals surface area contributed by atoms with E-state index < -0.39 is 0 Å². The molecule has 0 fully saturated rings. The van der Waals surface area contributed by atoms with Crippen molar-refractivity contribution in [2.45, 2.75) is 19.8 Å². The predicted octanol–water partition coefficient (Wildman–Crippen LogP) is 3.89. The molecule has 0 N–H and O–H groups in total. The molecule has 0 amide bonds. The van der Waals surface area contributed by atoms with Gasteiger partial charge in [0.25, 0.3) is 0 Å². The largest absolute Gasteiger partial charge is 0.407 e. The molecule has 0 aliphatic heterocycles. The Labute approximate surface area is 150 Å². The third-order valence-electron chi connectivity index (χ3n) is 3.08. The van der Waals surface area contributed by atoms with E-state index in [-0.39, 0.29) is 5.97 Å². The van der Waals surface area contributed by atoms with Crippen LogP contribution < -0.4 is 4.74 Å². The number of ether oxygens (including phenoxy) is 2. The summed E-state index contributed by atoms with van der Waals surface area (Å²) in [6.07, 6.45) is 1.19. The molecule has 1 aromatic heterocycles. The zero-order valence-corrected chi connectivity index (χ0v) is 15.6. The van der Waals surface area contributed by atoms with Crippen molar-refractivity contribution >= 4 is 27.6 Å². The number of aromatic nitrogens is 2. The molecule has 0 spiro atoms. The standard InChI is InChI=1S/C17H22N2O3S2/c1-14-13-16(19(18-14)15-7-4-3-5-8-15)22-17(20)9-6-11-23-24-12-10-21-2/h3-5,7-8,13H,6,9-12H2,1-2H3. The first kappa shape index (κ1) is 18.9. The van der Waals surface area contributed by atoms with Gasteiger partial charge in [-0.15, -0.1) is 0 Å². The van der Waals surface area contributed by atoms with Gasteiger partial charge in [-0.2, -0.15) is 5.10 Å². The molecule has 2 aromatic rings. The summed E-state index contributed by atoms with van der Waals surface area (Å²) in [7, 11) is 5.22. The summed E-state index contributed by atoms with van der Waals surface area (Å²) < 4.78 is 12.1. The van der Waals surface area contributed by atoms with Gasteiger partial charge < -0.3 is 9.47 Å². The zero-order valence-electron chi connectivity index (χ0n) is 13.9. The van der Waals surface area contributed by atoms with Crippen molar-refractivity contribution in [3.63, 3.8) is 0 Å². The minimum absolute atomic E-state index is 0.227. The molecule has 0 saturated carbocycles. The third kappa shape index (κ3) is 6.22. The van der Waals surface area contributed by atoms with Crippen LogP contribution in [0.5, 0.6) is 5.88 Å². The highest BCUT2D eigenvalue weighted by atomic mass is 33.1. The first-order chi connectivity index (χ1) is 11.7. The lowest BCUT2D eigenvalue weighted by Crippen LogP contribution is -2.11. The highest BCUT2D eigenvalue weighted by molar-refractivity contribution is 8.76. The maximum atomic E-state index is 12.0. The van der Waals surface area contributed by atoms with E-state index in [9.17, 15) is 4.79 Å². The second-order valence-corrected chi connectivity index (χ2v) is 7.79. The maximum absolute atomic E-state index is 12.0. The van der Waals surface area contributed by atoms with Gasteiger partial charge in [-0.3, -0.25) is 4.79 Å². The van der Waals surface area contributed by atoms with Gasteiger partial charge in [0.2, 0.25) is 5.88 Å². The first-order valence-electron chi connectivity index (χ1n) is 7.77. The smallest absolute Gasteiger partial charge is 0.312 e. The van der Waals surface area contributed by atoms with Gasteiger partial charge in [-0.05, 0) is 25.5 Å². The lowest BCUT2D eigenvalue weighted by Gasteiger charge is -2.07. The number of carbonyl (C=O) groups excluding carboxylic acids is 1. The molecule has 130 valence electrons. The minimum Gasteiger partial charge on any atom is -0.407 e. The monoisotopic (exact) mass is 366 g/mol. The molecule has 0 bridgehead atoms. The average Bonchev–Trinajstić information content (AvgIpc) is 2.95. The van der Waals surface area contributed by atoms with Crippen LogP contribution in [0.15, 0.2) is 36.4 Å². The van der Waals surface area contributed by atoms with Gasteiger partial charge >= 0.3 is 5.97 Å². The summed E-state index contributed by atoms with van der Waals surface area (Å²) in [5, 5.41) is 4.39. The summed E-state index contributed by atoms with van der Waals surface area (Å²) in [5.41, 5.74) is 1.69. The maximum Gasteiger partial charge on any atom is 0.312 e. The van der Waals surface area contributed by atoms with E-state index in [1.165, 1.54) is 0 Å². The normalized spacial score (nSPS) is 10.8. The summed E-state index contributed by atoms with van der Waals surface area (Å²) in [6, 6.07) is 11.4. The van der Waals surface area contributed by atoms with Gasteiger partial charge in [-0.25, -0.2) is 4.68 Å². The van der Waals surface area contributed by atoms with E-state index >= 15 is 0 Å². The van der Waals surface area contributed by atoms with Crippen LogP contribution in [-0.2, 0) is 9.53 Å². The molecule has 7 heteroatoms. The van der Waals surface area contributed by atoms with Crippen molar-refractivity contribution in [1.29, 1.82) is 0 Å². The summed E-state index contributed by atoms with van der Waals surface area (Å²) >= 11 is 0. The highest BCUT2D eigenvalue weighted by Gasteiger charge is 2.12. The number of esters is 1. The number of carbonyl (C=O) groups is 1. The van der Waals surface area contributed by atoms with Crippen LogP contribution >= 0.6 is 21.6 Å². The average molecular weight is 367 g/mol. The Balaban J connectivity index is 1.80. The van der Waals surface area contributed by atoms with E-state index in [0.717, 1.165) is 35.9 Å². The molecule has 0 unspecified atom stereocenters. The second-order valence-electron chi connectivity index (χ2n) is 5.09. The van der Waals surface area contributed by atoms with E-state index in [4.69, 9.17) is 9.47 Å². The Morgan fingerprint density at radius 1 is 1.21 bits per heavy atom. The topological polar surface area (TPSA) is 53.4 Å². The molecule has 2 rings (SSSR count). The lowest BCUT2D eigenvalue weighted by atomic mass is 10.3. The van der Waals surface area contributed by atoms with Crippen LogP contribution in [0.3, 0.4) is 0 Å². The number of aryl methyl sites for hydroxylation is 1. The van der Waals surface area contributed by atoms with E-state index in [2.05, 4.69) is 5.10 Å². The van der Waals surface area contributed by atoms with Crippen molar-refractivity contribution in [3.05, 3.63) is 42.1 Å². The number of hydrogen-bond acceptors (Lipinski definition) is 6. The van der Waals surface area contributed by atoms with E-state index in [0.29, 0.717) is 12.3 Å².